The molecule has 1 atom stereocenters. The normalized spacial score (nSPS) is 19.5. The summed E-state index contributed by atoms with van der Waals surface area (Å²) < 4.78 is 22.9. The summed E-state index contributed by atoms with van der Waals surface area (Å²) >= 11 is 0. The number of para-hydroxylation sites is 1. The Balaban J connectivity index is 2.14. The molecule has 1 aromatic rings. The molecule has 134 valence electrons. The van der Waals surface area contributed by atoms with Gasteiger partial charge in [0.1, 0.15) is 11.6 Å². The van der Waals surface area contributed by atoms with Gasteiger partial charge in [0.25, 0.3) is 5.91 Å². The zero-order valence-corrected chi connectivity index (χ0v) is 15.5. The number of benzene rings is 1. The van der Waals surface area contributed by atoms with Crippen molar-refractivity contribution in [1.82, 2.24) is 5.32 Å². The zero-order valence-electron chi connectivity index (χ0n) is 14.7. The lowest BCUT2D eigenvalue weighted by atomic mass is 9.98. The molecular weight excluding hydrogens is 338 g/mol. The Hall–Kier alpha value is -2.33. The van der Waals surface area contributed by atoms with Gasteiger partial charge < -0.3 is 10.6 Å². The lowest BCUT2D eigenvalue weighted by molar-refractivity contribution is -0.112. The Morgan fingerprint density at radius 1 is 1.40 bits per heavy atom. The number of aryl methyl sites for hydroxylation is 1. The lowest BCUT2D eigenvalue weighted by Crippen LogP contribution is -2.27. The van der Waals surface area contributed by atoms with Crippen LogP contribution in [0, 0.1) is 18.3 Å². The Morgan fingerprint density at radius 2 is 2.12 bits per heavy atom. The number of nitrogens with zero attached hydrogens (tertiary/aromatic N) is 1. The summed E-state index contributed by atoms with van der Waals surface area (Å²) in [5, 5.41) is 15.0. The Bertz CT molecular complexity index is 836. The number of amides is 1. The maximum absolute atomic E-state index is 12.4. The van der Waals surface area contributed by atoms with Gasteiger partial charge in [-0.15, -0.1) is 0 Å². The maximum atomic E-state index is 12.4. The first-order valence-corrected chi connectivity index (χ1v) is 10.0. The number of nitrogens with one attached hydrogen (secondary N) is 2. The fourth-order valence-corrected chi connectivity index (χ4v) is 4.49. The zero-order chi connectivity index (χ0) is 18.6. The smallest absolute Gasteiger partial charge is 0.267 e. The van der Waals surface area contributed by atoms with Crippen LogP contribution in [0.4, 0.5) is 5.69 Å². The molecule has 0 bridgehead atoms. The van der Waals surface area contributed by atoms with Crippen molar-refractivity contribution < 1.29 is 13.2 Å². The second-order valence-corrected chi connectivity index (χ2v) is 8.81. The van der Waals surface area contributed by atoms with E-state index in [0.29, 0.717) is 12.1 Å². The molecule has 1 aliphatic heterocycles. The fourth-order valence-electron chi connectivity index (χ4n) is 2.80. The van der Waals surface area contributed by atoms with E-state index in [1.54, 1.807) is 0 Å². The molecule has 1 fully saturated rings. The van der Waals surface area contributed by atoms with E-state index in [-0.39, 0.29) is 29.0 Å². The van der Waals surface area contributed by atoms with Gasteiger partial charge in [-0.1, -0.05) is 32.0 Å². The van der Waals surface area contributed by atoms with Gasteiger partial charge in [-0.3, -0.25) is 4.79 Å². The van der Waals surface area contributed by atoms with Gasteiger partial charge >= 0.3 is 0 Å². The average Bonchev–Trinajstić information content (AvgIpc) is 2.88. The summed E-state index contributed by atoms with van der Waals surface area (Å²) in [5.74, 6) is -0.120. The molecule has 6 nitrogen and oxygen atoms in total. The highest BCUT2D eigenvalue weighted by Gasteiger charge is 2.27. The van der Waals surface area contributed by atoms with Crippen LogP contribution < -0.4 is 10.6 Å². The first-order valence-electron chi connectivity index (χ1n) is 8.21. The number of rotatable bonds is 5. The first kappa shape index (κ1) is 19.0. The molecule has 0 aliphatic carbocycles. The van der Waals surface area contributed by atoms with Crippen molar-refractivity contribution in [1.29, 1.82) is 5.26 Å². The van der Waals surface area contributed by atoms with Crippen molar-refractivity contribution in [2.45, 2.75) is 39.2 Å². The predicted molar refractivity (Wildman–Crippen MR) is 97.8 cm³/mol. The topological polar surface area (TPSA) is 99.1 Å². The minimum atomic E-state index is -3.01. The Kier molecular flexibility index (Phi) is 5.85. The van der Waals surface area contributed by atoms with Crippen LogP contribution in [-0.4, -0.2) is 31.9 Å². The second kappa shape index (κ2) is 7.70. The third kappa shape index (κ3) is 4.83. The molecule has 0 spiro atoms. The van der Waals surface area contributed by atoms with Gasteiger partial charge in [-0.05, 0) is 30.4 Å². The summed E-state index contributed by atoms with van der Waals surface area (Å²) in [6, 6.07) is 7.40. The highest BCUT2D eigenvalue weighted by Crippen LogP contribution is 2.27. The molecule has 25 heavy (non-hydrogen) atoms. The summed E-state index contributed by atoms with van der Waals surface area (Å²) in [7, 11) is -3.01. The molecular formula is C18H23N3O3S. The van der Waals surface area contributed by atoms with Gasteiger partial charge in [0.15, 0.2) is 9.84 Å². The minimum Gasteiger partial charge on any atom is -0.386 e. The van der Waals surface area contributed by atoms with Crippen molar-refractivity contribution >= 4 is 21.4 Å². The molecule has 0 aromatic heterocycles. The standard InChI is InChI=1S/C18H23N3O3S/c1-12(2)16-6-4-5-13(3)17(16)21-18(22)14(9-19)10-20-15-7-8-25(23,24)11-15/h4-6,10,12,15,20H,7-8,11H2,1-3H3,(H,21,22)/b14-10-. The second-order valence-electron chi connectivity index (χ2n) is 6.58. The molecule has 1 amide bonds. The van der Waals surface area contributed by atoms with Crippen LogP contribution in [0.2, 0.25) is 0 Å². The van der Waals surface area contributed by atoms with Gasteiger partial charge in [-0.25, -0.2) is 8.42 Å². The molecule has 1 aromatic carbocycles. The van der Waals surface area contributed by atoms with Crippen molar-refractivity contribution in [3.8, 4) is 6.07 Å². The van der Waals surface area contributed by atoms with Crippen molar-refractivity contribution in [3.05, 3.63) is 41.1 Å². The van der Waals surface area contributed by atoms with Crippen LogP contribution in [0.15, 0.2) is 30.0 Å². The number of anilines is 1. The predicted octanol–water partition coefficient (Wildman–Crippen LogP) is 2.24. The highest BCUT2D eigenvalue weighted by molar-refractivity contribution is 7.91. The summed E-state index contributed by atoms with van der Waals surface area (Å²) in [6.07, 6.45) is 1.79. The molecule has 2 N–H and O–H groups in total. The molecule has 0 radical (unpaired) electrons. The van der Waals surface area contributed by atoms with E-state index in [4.69, 9.17) is 0 Å². The van der Waals surface area contributed by atoms with Crippen molar-refractivity contribution in [3.63, 3.8) is 0 Å². The fraction of sp³-hybridized carbons (Fsp3) is 0.444. The van der Waals surface area contributed by atoms with E-state index in [2.05, 4.69) is 10.6 Å². The minimum absolute atomic E-state index is 0.0269. The number of carbonyl (C=O) groups excluding carboxylic acids is 1. The molecule has 1 heterocycles. The first-order chi connectivity index (χ1) is 11.7. The quantitative estimate of drug-likeness (QED) is 0.619. The van der Waals surface area contributed by atoms with Crippen LogP contribution in [-0.2, 0) is 14.6 Å². The van der Waals surface area contributed by atoms with Crippen LogP contribution >= 0.6 is 0 Å². The largest absolute Gasteiger partial charge is 0.386 e. The number of hydrogen-bond donors (Lipinski definition) is 2. The van der Waals surface area contributed by atoms with E-state index in [9.17, 15) is 18.5 Å². The van der Waals surface area contributed by atoms with Gasteiger partial charge in [0.05, 0.1) is 11.5 Å². The van der Waals surface area contributed by atoms with Gasteiger partial charge in [0.2, 0.25) is 0 Å². The van der Waals surface area contributed by atoms with E-state index >= 15 is 0 Å². The van der Waals surface area contributed by atoms with Crippen molar-refractivity contribution in [2.24, 2.45) is 0 Å². The number of hydrogen-bond acceptors (Lipinski definition) is 5. The third-order valence-electron chi connectivity index (χ3n) is 4.23. The Morgan fingerprint density at radius 3 is 2.68 bits per heavy atom. The molecule has 1 saturated heterocycles. The van der Waals surface area contributed by atoms with E-state index in [1.807, 2.05) is 45.0 Å². The average molecular weight is 361 g/mol. The molecule has 1 unspecified atom stereocenters. The third-order valence-corrected chi connectivity index (χ3v) is 5.99. The highest BCUT2D eigenvalue weighted by atomic mass is 32.2. The Labute approximate surface area is 148 Å². The van der Waals surface area contributed by atoms with E-state index in [1.165, 1.54) is 6.20 Å². The number of carbonyl (C=O) groups is 1. The summed E-state index contributed by atoms with van der Waals surface area (Å²) in [4.78, 5) is 12.4. The molecule has 2 rings (SSSR count). The van der Waals surface area contributed by atoms with Crippen LogP contribution in [0.3, 0.4) is 0 Å². The summed E-state index contributed by atoms with van der Waals surface area (Å²) in [5.41, 5.74) is 2.56. The van der Waals surface area contributed by atoms with Crippen LogP contribution in [0.5, 0.6) is 0 Å². The summed E-state index contributed by atoms with van der Waals surface area (Å²) in [6.45, 7) is 5.97. The van der Waals surface area contributed by atoms with Crippen LogP contribution in [0.25, 0.3) is 0 Å². The monoisotopic (exact) mass is 361 g/mol. The van der Waals surface area contributed by atoms with Crippen molar-refractivity contribution in [2.75, 3.05) is 16.8 Å². The van der Waals surface area contributed by atoms with Gasteiger partial charge in [-0.2, -0.15) is 5.26 Å². The SMILES string of the molecule is Cc1cccc(C(C)C)c1NC(=O)/C(C#N)=C\NC1CCS(=O)(=O)C1. The molecule has 0 saturated carbocycles. The number of sulfone groups is 1. The van der Waals surface area contributed by atoms with E-state index in [0.717, 1.165) is 11.1 Å². The van der Waals surface area contributed by atoms with E-state index < -0.39 is 15.7 Å². The molecule has 7 heteroatoms. The maximum Gasteiger partial charge on any atom is 0.267 e. The molecule has 1 aliphatic rings. The number of nitriles is 1. The van der Waals surface area contributed by atoms with Gasteiger partial charge in [0, 0.05) is 17.9 Å². The van der Waals surface area contributed by atoms with Crippen LogP contribution in [0.1, 0.15) is 37.3 Å². The lowest BCUT2D eigenvalue weighted by Gasteiger charge is -2.16.